The van der Waals surface area contributed by atoms with Gasteiger partial charge in [0.25, 0.3) is 5.91 Å². The van der Waals surface area contributed by atoms with Crippen LogP contribution < -0.4 is 5.43 Å². The van der Waals surface area contributed by atoms with Gasteiger partial charge >= 0.3 is 0 Å². The van der Waals surface area contributed by atoms with Crippen LogP contribution in [0.4, 0.5) is 8.78 Å². The number of hydrazone groups is 1. The van der Waals surface area contributed by atoms with Crippen LogP contribution in [0, 0.1) is 11.6 Å². The monoisotopic (exact) mass is 326 g/mol. The molecule has 0 bridgehead atoms. The lowest BCUT2D eigenvalue weighted by Crippen LogP contribution is -2.17. The molecule has 120 valence electrons. The second-order valence-corrected chi connectivity index (χ2v) is 5.09. The zero-order valence-corrected chi connectivity index (χ0v) is 12.3. The molecule has 0 heterocycles. The minimum Gasteiger partial charge on any atom is -0.507 e. The molecular weight excluding hydrogens is 314 g/mol. The van der Waals surface area contributed by atoms with E-state index in [0.717, 1.165) is 22.9 Å². The third-order valence-electron chi connectivity index (χ3n) is 3.43. The van der Waals surface area contributed by atoms with E-state index in [9.17, 15) is 18.7 Å². The van der Waals surface area contributed by atoms with E-state index in [4.69, 9.17) is 0 Å². The number of hydrogen-bond donors (Lipinski definition) is 2. The van der Waals surface area contributed by atoms with Gasteiger partial charge in [-0.3, -0.25) is 4.79 Å². The Labute approximate surface area is 136 Å². The molecule has 0 atom stereocenters. The lowest BCUT2D eigenvalue weighted by atomic mass is 10.1. The number of benzene rings is 3. The quantitative estimate of drug-likeness (QED) is 0.571. The first kappa shape index (κ1) is 15.6. The fraction of sp³-hybridized carbons (Fsp3) is 0. The van der Waals surface area contributed by atoms with E-state index in [2.05, 4.69) is 10.5 Å². The van der Waals surface area contributed by atoms with Crippen molar-refractivity contribution in [1.82, 2.24) is 5.43 Å². The molecule has 24 heavy (non-hydrogen) atoms. The Morgan fingerprint density at radius 1 is 1.00 bits per heavy atom. The van der Waals surface area contributed by atoms with Crippen molar-refractivity contribution in [2.24, 2.45) is 5.10 Å². The average molecular weight is 326 g/mol. The average Bonchev–Trinajstić information content (AvgIpc) is 2.57. The number of nitrogens with one attached hydrogen (secondary N) is 1. The zero-order chi connectivity index (χ0) is 17.1. The van der Waals surface area contributed by atoms with Gasteiger partial charge in [0.2, 0.25) is 0 Å². The SMILES string of the molecule is O=C(N/N=C/c1ccc(F)c(F)c1)c1cc2ccccc2cc1O. The molecule has 3 rings (SSSR count). The van der Waals surface area contributed by atoms with E-state index in [1.807, 2.05) is 24.3 Å². The van der Waals surface area contributed by atoms with Crippen molar-refractivity contribution in [2.75, 3.05) is 0 Å². The number of amides is 1. The summed E-state index contributed by atoms with van der Waals surface area (Å²) in [6, 6.07) is 13.6. The zero-order valence-electron chi connectivity index (χ0n) is 12.3. The maximum atomic E-state index is 13.1. The first-order valence-electron chi connectivity index (χ1n) is 7.05. The largest absolute Gasteiger partial charge is 0.507 e. The van der Waals surface area contributed by atoms with Crippen LogP contribution in [-0.4, -0.2) is 17.2 Å². The maximum absolute atomic E-state index is 13.1. The molecule has 3 aromatic rings. The van der Waals surface area contributed by atoms with Gasteiger partial charge in [0.05, 0.1) is 11.8 Å². The van der Waals surface area contributed by atoms with Crippen LogP contribution >= 0.6 is 0 Å². The predicted molar refractivity (Wildman–Crippen MR) is 87.0 cm³/mol. The van der Waals surface area contributed by atoms with E-state index >= 15 is 0 Å². The van der Waals surface area contributed by atoms with Gasteiger partial charge in [-0.25, -0.2) is 14.2 Å². The van der Waals surface area contributed by atoms with Gasteiger partial charge in [0.15, 0.2) is 11.6 Å². The summed E-state index contributed by atoms with van der Waals surface area (Å²) in [5.41, 5.74) is 2.60. The molecule has 0 aliphatic carbocycles. The standard InChI is InChI=1S/C18H12F2N2O2/c19-15-6-5-11(7-16(15)20)10-21-22-18(24)14-8-12-3-1-2-4-13(12)9-17(14)23/h1-10,23H,(H,22,24)/b21-10+. The first-order chi connectivity index (χ1) is 11.5. The van der Waals surface area contributed by atoms with Crippen LogP contribution in [0.2, 0.25) is 0 Å². The molecular formula is C18H12F2N2O2. The van der Waals surface area contributed by atoms with Gasteiger partial charge in [-0.15, -0.1) is 0 Å². The van der Waals surface area contributed by atoms with Crippen molar-refractivity contribution in [1.29, 1.82) is 0 Å². The van der Waals surface area contributed by atoms with E-state index in [1.165, 1.54) is 18.3 Å². The van der Waals surface area contributed by atoms with Gasteiger partial charge in [0, 0.05) is 0 Å². The Bertz CT molecular complexity index is 955. The van der Waals surface area contributed by atoms with Crippen LogP contribution in [0.3, 0.4) is 0 Å². The Balaban J connectivity index is 1.78. The molecule has 0 spiro atoms. The third kappa shape index (κ3) is 3.22. The fourth-order valence-electron chi connectivity index (χ4n) is 2.23. The summed E-state index contributed by atoms with van der Waals surface area (Å²) >= 11 is 0. The normalized spacial score (nSPS) is 11.1. The lowest BCUT2D eigenvalue weighted by molar-refractivity contribution is 0.0952. The summed E-state index contributed by atoms with van der Waals surface area (Å²) in [7, 11) is 0. The number of phenols is 1. The molecule has 0 saturated carbocycles. The number of carbonyl (C=O) groups is 1. The topological polar surface area (TPSA) is 61.7 Å². The molecule has 0 radical (unpaired) electrons. The number of carbonyl (C=O) groups excluding carboxylic acids is 1. The van der Waals surface area contributed by atoms with Gasteiger partial charge < -0.3 is 5.11 Å². The van der Waals surface area contributed by atoms with Crippen molar-refractivity contribution in [3.63, 3.8) is 0 Å². The molecule has 3 aromatic carbocycles. The van der Waals surface area contributed by atoms with Gasteiger partial charge in [-0.1, -0.05) is 30.3 Å². The minimum atomic E-state index is -1.00. The Hall–Kier alpha value is -3.28. The number of hydrogen-bond acceptors (Lipinski definition) is 3. The van der Waals surface area contributed by atoms with Crippen LogP contribution in [0.1, 0.15) is 15.9 Å². The molecule has 0 fully saturated rings. The highest BCUT2D eigenvalue weighted by Crippen LogP contribution is 2.24. The molecule has 2 N–H and O–H groups in total. The van der Waals surface area contributed by atoms with Gasteiger partial charge in [-0.2, -0.15) is 5.10 Å². The highest BCUT2D eigenvalue weighted by molar-refractivity contribution is 6.01. The molecule has 0 saturated heterocycles. The summed E-state index contributed by atoms with van der Waals surface area (Å²) < 4.78 is 25.9. The number of aromatic hydroxyl groups is 1. The van der Waals surface area contributed by atoms with Gasteiger partial charge in [-0.05, 0) is 40.6 Å². The van der Waals surface area contributed by atoms with Crippen molar-refractivity contribution < 1.29 is 18.7 Å². The highest BCUT2D eigenvalue weighted by Gasteiger charge is 2.11. The van der Waals surface area contributed by atoms with Crippen LogP contribution in [-0.2, 0) is 0 Å². The van der Waals surface area contributed by atoms with E-state index in [-0.39, 0.29) is 16.9 Å². The number of fused-ring (bicyclic) bond motifs is 1. The Kier molecular flexibility index (Phi) is 4.20. The molecule has 0 unspecified atom stereocenters. The first-order valence-corrected chi connectivity index (χ1v) is 7.05. The van der Waals surface area contributed by atoms with E-state index in [1.54, 1.807) is 6.07 Å². The summed E-state index contributed by atoms with van der Waals surface area (Å²) in [6.07, 6.45) is 1.18. The van der Waals surface area contributed by atoms with Crippen molar-refractivity contribution in [3.8, 4) is 5.75 Å². The Morgan fingerprint density at radius 3 is 2.42 bits per heavy atom. The molecule has 0 aliphatic rings. The van der Waals surface area contributed by atoms with E-state index < -0.39 is 17.5 Å². The van der Waals surface area contributed by atoms with Crippen molar-refractivity contribution in [3.05, 3.63) is 77.4 Å². The number of rotatable bonds is 3. The van der Waals surface area contributed by atoms with Crippen LogP contribution in [0.25, 0.3) is 10.8 Å². The summed E-state index contributed by atoms with van der Waals surface area (Å²) in [4.78, 5) is 12.1. The summed E-state index contributed by atoms with van der Waals surface area (Å²) in [6.45, 7) is 0. The Morgan fingerprint density at radius 2 is 1.71 bits per heavy atom. The molecule has 4 nitrogen and oxygen atoms in total. The molecule has 1 amide bonds. The molecule has 0 aliphatic heterocycles. The lowest BCUT2D eigenvalue weighted by Gasteiger charge is -2.05. The number of phenolic OH excluding ortho intramolecular Hbond substituents is 1. The van der Waals surface area contributed by atoms with Crippen LogP contribution in [0.15, 0.2) is 59.7 Å². The summed E-state index contributed by atoms with van der Waals surface area (Å²) in [5, 5.41) is 15.2. The molecule has 0 aromatic heterocycles. The molecule has 6 heteroatoms. The predicted octanol–water partition coefficient (Wildman–Crippen LogP) is 3.59. The second kappa shape index (κ2) is 6.45. The third-order valence-corrected chi connectivity index (χ3v) is 3.43. The fourth-order valence-corrected chi connectivity index (χ4v) is 2.23. The van der Waals surface area contributed by atoms with E-state index in [0.29, 0.717) is 0 Å². The minimum absolute atomic E-state index is 0.0659. The number of nitrogens with zero attached hydrogens (tertiary/aromatic N) is 1. The highest BCUT2D eigenvalue weighted by atomic mass is 19.2. The maximum Gasteiger partial charge on any atom is 0.275 e. The van der Waals surface area contributed by atoms with Gasteiger partial charge in [0.1, 0.15) is 5.75 Å². The second-order valence-electron chi connectivity index (χ2n) is 5.09. The van der Waals surface area contributed by atoms with Crippen molar-refractivity contribution >= 4 is 22.9 Å². The summed E-state index contributed by atoms with van der Waals surface area (Å²) in [5.74, 6) is -2.75. The smallest absolute Gasteiger partial charge is 0.275 e. The number of halogens is 2. The van der Waals surface area contributed by atoms with Crippen molar-refractivity contribution in [2.45, 2.75) is 0 Å². The van der Waals surface area contributed by atoms with Crippen LogP contribution in [0.5, 0.6) is 5.75 Å².